The molecule has 1 aliphatic rings. The first-order valence-corrected chi connectivity index (χ1v) is 15.4. The largest absolute Gasteiger partial charge is 0.512 e. The van der Waals surface area contributed by atoms with Crippen LogP contribution in [0.4, 0.5) is 23.7 Å². The zero-order valence-electron chi connectivity index (χ0n) is 19.9. The Morgan fingerprint density at radius 2 is 1.81 bits per heavy atom. The molecule has 0 saturated heterocycles. The lowest BCUT2D eigenvalue weighted by molar-refractivity contribution is -0.141. The van der Waals surface area contributed by atoms with Crippen molar-refractivity contribution in [1.82, 2.24) is 10.3 Å². The molecule has 7 nitrogen and oxygen atoms in total. The standard InChI is InChI=1S/C21H17F3N4O3.C3H9ClSi/c22-21(23,24)17-10-14(8-9-26-17)27-20(31)28-19(13-6-4-12(11-25)5-7-13)18-15(29)2-1-3-16(18)30;1-5(2,3)4/h4-10,19,29H,1-3H2,(H2,26,27,28,31);1-3H3. The minimum atomic E-state index is -4.68. The van der Waals surface area contributed by atoms with E-state index in [9.17, 15) is 27.9 Å². The maximum atomic E-state index is 12.8. The number of amides is 2. The van der Waals surface area contributed by atoms with E-state index in [4.69, 9.17) is 16.3 Å². The van der Waals surface area contributed by atoms with E-state index in [1.54, 1.807) is 0 Å². The van der Waals surface area contributed by atoms with Gasteiger partial charge in [-0.05, 0) is 36.2 Å². The van der Waals surface area contributed by atoms with E-state index in [1.165, 1.54) is 30.3 Å². The number of nitrogens with zero attached hydrogens (tertiary/aromatic N) is 2. The van der Waals surface area contributed by atoms with Gasteiger partial charge < -0.3 is 15.7 Å². The molecule has 0 fully saturated rings. The monoisotopic (exact) mass is 538 g/mol. The summed E-state index contributed by atoms with van der Waals surface area (Å²) in [6.45, 7) is 6.28. The predicted molar refractivity (Wildman–Crippen MR) is 133 cm³/mol. The number of aromatic nitrogens is 1. The summed E-state index contributed by atoms with van der Waals surface area (Å²) in [6, 6.07) is 7.93. The Morgan fingerprint density at radius 3 is 2.33 bits per heavy atom. The fourth-order valence-corrected chi connectivity index (χ4v) is 3.21. The molecule has 0 radical (unpaired) electrons. The number of benzene rings is 1. The molecule has 2 aromatic rings. The fraction of sp³-hybridized carbons (Fsp3) is 0.333. The lowest BCUT2D eigenvalue weighted by atomic mass is 9.87. The Balaban J connectivity index is 0.000000830. The van der Waals surface area contributed by atoms with Crippen molar-refractivity contribution in [1.29, 1.82) is 5.26 Å². The van der Waals surface area contributed by atoms with E-state index in [0.29, 0.717) is 23.6 Å². The minimum Gasteiger partial charge on any atom is -0.512 e. The number of aliphatic hydroxyl groups is 1. The number of urea groups is 1. The zero-order chi connectivity index (χ0) is 27.1. The molecule has 1 heterocycles. The Kier molecular flexibility index (Phi) is 9.67. The highest BCUT2D eigenvalue weighted by atomic mass is 35.6. The van der Waals surface area contributed by atoms with Crippen LogP contribution in [0.3, 0.4) is 0 Å². The molecule has 12 heteroatoms. The van der Waals surface area contributed by atoms with Gasteiger partial charge in [0.05, 0.1) is 23.2 Å². The van der Waals surface area contributed by atoms with Gasteiger partial charge in [-0.25, -0.2) is 4.79 Å². The molecule has 2 amide bonds. The van der Waals surface area contributed by atoms with Crippen molar-refractivity contribution in [3.63, 3.8) is 0 Å². The third-order valence-electron chi connectivity index (χ3n) is 4.67. The van der Waals surface area contributed by atoms with E-state index in [0.717, 1.165) is 6.20 Å². The van der Waals surface area contributed by atoms with Crippen molar-refractivity contribution in [3.8, 4) is 6.07 Å². The van der Waals surface area contributed by atoms with Crippen LogP contribution in [-0.2, 0) is 11.0 Å². The highest BCUT2D eigenvalue weighted by Gasteiger charge is 2.33. The molecule has 3 rings (SSSR count). The number of nitriles is 1. The smallest absolute Gasteiger partial charge is 0.433 e. The van der Waals surface area contributed by atoms with Gasteiger partial charge in [-0.2, -0.15) is 29.5 Å². The van der Waals surface area contributed by atoms with Crippen LogP contribution in [-0.4, -0.2) is 29.3 Å². The molecule has 192 valence electrons. The number of rotatable bonds is 4. The Hall–Kier alpha value is -3.36. The number of carbonyl (C=O) groups is 2. The Morgan fingerprint density at radius 1 is 1.19 bits per heavy atom. The molecular formula is C24H26ClF3N4O3Si. The van der Waals surface area contributed by atoms with Crippen molar-refractivity contribution < 1.29 is 27.9 Å². The van der Waals surface area contributed by atoms with Crippen molar-refractivity contribution in [3.05, 3.63) is 70.7 Å². The van der Waals surface area contributed by atoms with Gasteiger partial charge in [0.2, 0.25) is 0 Å². The number of halogens is 4. The van der Waals surface area contributed by atoms with Crippen molar-refractivity contribution in [2.75, 3.05) is 5.32 Å². The molecule has 3 N–H and O–H groups in total. The van der Waals surface area contributed by atoms with Gasteiger partial charge in [0.1, 0.15) is 18.8 Å². The average molecular weight is 539 g/mol. The second kappa shape index (κ2) is 12.1. The SMILES string of the molecule is C[Si](C)(C)Cl.N#Cc1ccc(C(NC(=O)Nc2ccnc(C(F)(F)F)c2)C2=C(O)CCCC2=O)cc1. The molecule has 1 aliphatic carbocycles. The molecular weight excluding hydrogens is 513 g/mol. The van der Waals surface area contributed by atoms with E-state index in [2.05, 4.69) is 35.3 Å². The summed E-state index contributed by atoms with van der Waals surface area (Å²) >= 11 is 5.67. The van der Waals surface area contributed by atoms with Crippen LogP contribution in [0.2, 0.25) is 19.6 Å². The van der Waals surface area contributed by atoms with Crippen LogP contribution in [0.25, 0.3) is 0 Å². The summed E-state index contributed by atoms with van der Waals surface area (Å²) < 4.78 is 38.5. The number of pyridine rings is 1. The fourth-order valence-electron chi connectivity index (χ4n) is 3.21. The topological polar surface area (TPSA) is 115 Å². The number of hydrogen-bond acceptors (Lipinski definition) is 5. The van der Waals surface area contributed by atoms with E-state index in [-0.39, 0.29) is 35.6 Å². The van der Waals surface area contributed by atoms with Crippen molar-refractivity contribution in [2.45, 2.75) is 51.1 Å². The number of aliphatic hydroxyl groups excluding tert-OH is 1. The van der Waals surface area contributed by atoms with Crippen LogP contribution < -0.4 is 10.6 Å². The van der Waals surface area contributed by atoms with Crippen molar-refractivity contribution >= 4 is 36.0 Å². The highest BCUT2D eigenvalue weighted by Crippen LogP contribution is 2.32. The van der Waals surface area contributed by atoms with Gasteiger partial charge in [-0.3, -0.25) is 9.78 Å². The van der Waals surface area contributed by atoms with Crippen LogP contribution in [0, 0.1) is 11.3 Å². The summed E-state index contributed by atoms with van der Waals surface area (Å²) in [7, 11) is -1.14. The van der Waals surface area contributed by atoms with Gasteiger partial charge in [0.15, 0.2) is 5.78 Å². The second-order valence-corrected chi connectivity index (χ2v) is 16.4. The Bertz CT molecular complexity index is 1170. The van der Waals surface area contributed by atoms with Gasteiger partial charge in [0, 0.05) is 24.7 Å². The number of ketones is 1. The van der Waals surface area contributed by atoms with Gasteiger partial charge in [-0.1, -0.05) is 31.8 Å². The number of Topliss-reactive ketones (excluding diaryl/α,β-unsaturated/α-hetero) is 1. The molecule has 0 aliphatic heterocycles. The summed E-state index contributed by atoms with van der Waals surface area (Å²) in [6.07, 6.45) is -2.84. The maximum Gasteiger partial charge on any atom is 0.433 e. The van der Waals surface area contributed by atoms with E-state index < -0.39 is 31.3 Å². The quantitative estimate of drug-likeness (QED) is 0.305. The lowest BCUT2D eigenvalue weighted by Crippen LogP contribution is -2.36. The van der Waals surface area contributed by atoms with Gasteiger partial charge in [-0.15, -0.1) is 0 Å². The number of anilines is 1. The number of allylic oxidation sites excluding steroid dienone is 1. The first-order chi connectivity index (χ1) is 16.7. The van der Waals surface area contributed by atoms with Crippen LogP contribution in [0.1, 0.15) is 42.1 Å². The summed E-state index contributed by atoms with van der Waals surface area (Å²) in [4.78, 5) is 28.2. The summed E-state index contributed by atoms with van der Waals surface area (Å²) in [5, 5.41) is 24.1. The lowest BCUT2D eigenvalue weighted by Gasteiger charge is -2.25. The van der Waals surface area contributed by atoms with E-state index in [1.807, 2.05) is 6.07 Å². The molecule has 1 unspecified atom stereocenters. The number of hydrogen-bond donors (Lipinski definition) is 3. The summed E-state index contributed by atoms with van der Waals surface area (Å²) in [5.74, 6) is -0.504. The highest BCUT2D eigenvalue weighted by molar-refractivity contribution is 7.18. The minimum absolute atomic E-state index is 0.0109. The van der Waals surface area contributed by atoms with Crippen LogP contribution >= 0.6 is 11.1 Å². The Labute approximate surface area is 212 Å². The number of carbonyl (C=O) groups excluding carboxylic acids is 2. The van der Waals surface area contributed by atoms with Crippen molar-refractivity contribution in [2.24, 2.45) is 0 Å². The van der Waals surface area contributed by atoms with Gasteiger partial charge >= 0.3 is 12.2 Å². The second-order valence-electron chi connectivity index (χ2n) is 8.90. The molecule has 1 aromatic heterocycles. The first kappa shape index (κ1) is 28.9. The van der Waals surface area contributed by atoms with Gasteiger partial charge in [0.25, 0.3) is 0 Å². The molecule has 0 spiro atoms. The molecule has 0 bridgehead atoms. The maximum absolute atomic E-state index is 12.8. The average Bonchev–Trinajstić information content (AvgIpc) is 2.77. The molecule has 0 saturated carbocycles. The normalized spacial score (nSPS) is 14.8. The number of alkyl halides is 3. The molecule has 1 atom stereocenters. The van der Waals surface area contributed by atoms with Crippen LogP contribution in [0.5, 0.6) is 0 Å². The molecule has 1 aromatic carbocycles. The van der Waals surface area contributed by atoms with Crippen LogP contribution in [0.15, 0.2) is 53.9 Å². The summed E-state index contributed by atoms with van der Waals surface area (Å²) in [5.41, 5.74) is -0.520. The zero-order valence-corrected chi connectivity index (χ0v) is 21.7. The van der Waals surface area contributed by atoms with E-state index >= 15 is 0 Å². The first-order valence-electron chi connectivity index (χ1n) is 10.9. The molecule has 36 heavy (non-hydrogen) atoms. The third kappa shape index (κ3) is 9.01. The third-order valence-corrected chi connectivity index (χ3v) is 4.67. The predicted octanol–water partition coefficient (Wildman–Crippen LogP) is 6.46. The number of nitrogens with one attached hydrogen (secondary N) is 2.